The lowest BCUT2D eigenvalue weighted by atomic mass is 9.94. The van der Waals surface area contributed by atoms with E-state index >= 15 is 0 Å². The van der Waals surface area contributed by atoms with E-state index in [0.717, 1.165) is 105 Å². The molecular formula is C34H46N4O4. The van der Waals surface area contributed by atoms with Gasteiger partial charge in [-0.2, -0.15) is 0 Å². The van der Waals surface area contributed by atoms with Crippen LogP contribution in [0.2, 0.25) is 0 Å². The van der Waals surface area contributed by atoms with Gasteiger partial charge >= 0.3 is 0 Å². The zero-order valence-electron chi connectivity index (χ0n) is 25.5. The molecule has 2 aliphatic heterocycles. The molecule has 2 aliphatic rings. The molecule has 2 aromatic carbocycles. The van der Waals surface area contributed by atoms with Gasteiger partial charge in [0.05, 0.1) is 13.2 Å². The van der Waals surface area contributed by atoms with Crippen LogP contribution in [-0.2, 0) is 22.6 Å². The molecule has 1 unspecified atom stereocenters. The monoisotopic (exact) mass is 574 g/mol. The van der Waals surface area contributed by atoms with Gasteiger partial charge in [-0.05, 0) is 86.6 Å². The molecule has 3 heterocycles. The second-order valence-electron chi connectivity index (χ2n) is 11.7. The first-order valence-electron chi connectivity index (χ1n) is 15.3. The van der Waals surface area contributed by atoms with Gasteiger partial charge < -0.3 is 24.5 Å². The van der Waals surface area contributed by atoms with Crippen LogP contribution >= 0.6 is 0 Å². The topological polar surface area (TPSA) is 90.1 Å². The van der Waals surface area contributed by atoms with E-state index < -0.39 is 6.23 Å². The smallest absolute Gasteiger partial charge is 0.252 e. The summed E-state index contributed by atoms with van der Waals surface area (Å²) in [5.74, 6) is 0. The van der Waals surface area contributed by atoms with Gasteiger partial charge in [0.15, 0.2) is 0 Å². The summed E-state index contributed by atoms with van der Waals surface area (Å²) in [5, 5.41) is 14.7. The summed E-state index contributed by atoms with van der Waals surface area (Å²) in [6.45, 7) is 15.2. The zero-order chi connectivity index (χ0) is 29.6. The third-order valence-electron chi connectivity index (χ3n) is 8.76. The van der Waals surface area contributed by atoms with Gasteiger partial charge in [-0.15, -0.1) is 0 Å². The van der Waals surface area contributed by atoms with Crippen molar-refractivity contribution in [3.63, 3.8) is 0 Å². The molecule has 2 saturated heterocycles. The number of aliphatic hydroxyl groups is 1. The first-order chi connectivity index (χ1) is 20.3. The number of anilines is 1. The summed E-state index contributed by atoms with van der Waals surface area (Å²) in [7, 11) is 0. The van der Waals surface area contributed by atoms with Crippen LogP contribution in [0.5, 0.6) is 0 Å². The fourth-order valence-corrected chi connectivity index (χ4v) is 6.32. The van der Waals surface area contributed by atoms with Crippen molar-refractivity contribution in [1.29, 1.82) is 0 Å². The summed E-state index contributed by atoms with van der Waals surface area (Å²) in [6, 6.07) is 15.5. The first-order valence-corrected chi connectivity index (χ1v) is 15.3. The van der Waals surface area contributed by atoms with Crippen LogP contribution in [0.15, 0.2) is 47.3 Å². The molecule has 3 N–H and O–H groups in total. The number of nitrogens with zero attached hydrogens (tertiary/aromatic N) is 2. The Morgan fingerprint density at radius 1 is 1.00 bits per heavy atom. The zero-order valence-corrected chi connectivity index (χ0v) is 25.5. The van der Waals surface area contributed by atoms with Crippen molar-refractivity contribution in [2.45, 2.75) is 65.9 Å². The highest BCUT2D eigenvalue weighted by Gasteiger charge is 2.25. The van der Waals surface area contributed by atoms with Crippen molar-refractivity contribution in [3.05, 3.63) is 86.3 Å². The molecule has 0 amide bonds. The molecule has 42 heavy (non-hydrogen) atoms. The minimum Gasteiger partial charge on any atom is -0.381 e. The normalized spacial score (nSPS) is 17.4. The number of hydrogen-bond donors (Lipinski definition) is 3. The Hall–Kier alpha value is -3.01. The number of pyridine rings is 1. The van der Waals surface area contributed by atoms with E-state index in [1.807, 2.05) is 19.9 Å². The second kappa shape index (κ2) is 14.0. The summed E-state index contributed by atoms with van der Waals surface area (Å²) in [6.07, 6.45) is 1.04. The average Bonchev–Trinajstić information content (AvgIpc) is 2.99. The van der Waals surface area contributed by atoms with E-state index in [0.29, 0.717) is 11.6 Å². The van der Waals surface area contributed by atoms with Crippen molar-refractivity contribution < 1.29 is 14.6 Å². The quantitative estimate of drug-likeness (QED) is 0.305. The van der Waals surface area contributed by atoms with Crippen LogP contribution in [0, 0.1) is 20.8 Å². The van der Waals surface area contributed by atoms with Crippen LogP contribution in [0.25, 0.3) is 11.1 Å². The van der Waals surface area contributed by atoms with E-state index in [1.54, 1.807) is 0 Å². The molecule has 0 radical (unpaired) electrons. The third kappa shape index (κ3) is 7.13. The maximum absolute atomic E-state index is 12.6. The fraction of sp³-hybridized carbons (Fsp3) is 0.500. The molecule has 0 saturated carbocycles. The van der Waals surface area contributed by atoms with Crippen LogP contribution in [0.1, 0.15) is 59.5 Å². The van der Waals surface area contributed by atoms with E-state index in [-0.39, 0.29) is 12.1 Å². The highest BCUT2D eigenvalue weighted by Crippen LogP contribution is 2.36. The predicted octanol–water partition coefficient (Wildman–Crippen LogP) is 4.59. The van der Waals surface area contributed by atoms with Gasteiger partial charge in [0.25, 0.3) is 5.56 Å². The van der Waals surface area contributed by atoms with E-state index in [2.05, 4.69) is 70.3 Å². The average molecular weight is 575 g/mol. The first kappa shape index (κ1) is 30.4. The van der Waals surface area contributed by atoms with Gasteiger partial charge in [-0.1, -0.05) is 24.3 Å². The number of morpholine rings is 1. The summed E-state index contributed by atoms with van der Waals surface area (Å²) >= 11 is 0. The van der Waals surface area contributed by atoms with Gasteiger partial charge in [0, 0.05) is 74.5 Å². The Balaban J connectivity index is 1.46. The molecule has 0 spiro atoms. The van der Waals surface area contributed by atoms with Crippen molar-refractivity contribution in [3.8, 4) is 11.1 Å². The number of benzene rings is 2. The molecule has 0 aliphatic carbocycles. The van der Waals surface area contributed by atoms with Crippen molar-refractivity contribution >= 4 is 5.69 Å². The van der Waals surface area contributed by atoms with Crippen molar-refractivity contribution in [1.82, 2.24) is 15.2 Å². The third-order valence-corrected chi connectivity index (χ3v) is 8.76. The number of aliphatic hydroxyl groups excluding tert-OH is 1. The number of aromatic amines is 1. The molecule has 0 bridgehead atoms. The maximum Gasteiger partial charge on any atom is 0.252 e. The number of aryl methyl sites for hydroxylation is 2. The second-order valence-corrected chi connectivity index (χ2v) is 11.7. The van der Waals surface area contributed by atoms with Crippen LogP contribution in [-0.4, -0.2) is 67.1 Å². The van der Waals surface area contributed by atoms with Gasteiger partial charge in [-0.3, -0.25) is 15.0 Å². The molecule has 226 valence electrons. The minimum atomic E-state index is -0.933. The number of H-pyrrole nitrogens is 1. The highest BCUT2D eigenvalue weighted by molar-refractivity contribution is 5.73. The lowest BCUT2D eigenvalue weighted by Crippen LogP contribution is -2.40. The molecule has 8 nitrogen and oxygen atoms in total. The minimum absolute atomic E-state index is 0.118. The van der Waals surface area contributed by atoms with Crippen molar-refractivity contribution in [2.24, 2.45) is 0 Å². The summed E-state index contributed by atoms with van der Waals surface area (Å²) in [4.78, 5) is 20.4. The summed E-state index contributed by atoms with van der Waals surface area (Å²) in [5.41, 5.74) is 8.75. The summed E-state index contributed by atoms with van der Waals surface area (Å²) < 4.78 is 11.2. The lowest BCUT2D eigenvalue weighted by molar-refractivity contribution is 0.0342. The van der Waals surface area contributed by atoms with Gasteiger partial charge in [0.1, 0.15) is 6.23 Å². The molecule has 2 fully saturated rings. The van der Waals surface area contributed by atoms with Gasteiger partial charge in [-0.25, -0.2) is 0 Å². The Morgan fingerprint density at radius 3 is 2.36 bits per heavy atom. The SMILES string of the molecule is CCN(c1cc(-c2ccc(CN3CCOCC3)cc2)cc(C(O)NCc2c(C)cc(C)[nH]c2=O)c1C)C1CCOCC1. The van der Waals surface area contributed by atoms with E-state index in [1.165, 1.54) is 5.56 Å². The predicted molar refractivity (Wildman–Crippen MR) is 168 cm³/mol. The van der Waals surface area contributed by atoms with Crippen LogP contribution in [0.3, 0.4) is 0 Å². The number of hydrogen-bond acceptors (Lipinski definition) is 7. The van der Waals surface area contributed by atoms with E-state index in [9.17, 15) is 9.90 Å². The Kier molecular flexibility index (Phi) is 10.1. The Bertz CT molecular complexity index is 1390. The molecule has 1 aromatic heterocycles. The van der Waals surface area contributed by atoms with Crippen molar-refractivity contribution in [2.75, 3.05) is 51.0 Å². The van der Waals surface area contributed by atoms with Crippen LogP contribution in [0.4, 0.5) is 5.69 Å². The number of aromatic nitrogens is 1. The fourth-order valence-electron chi connectivity index (χ4n) is 6.32. The molecule has 1 atom stereocenters. The maximum atomic E-state index is 12.6. The number of nitrogens with one attached hydrogen (secondary N) is 2. The molecule has 3 aromatic rings. The number of rotatable bonds is 10. The Morgan fingerprint density at radius 2 is 1.69 bits per heavy atom. The largest absolute Gasteiger partial charge is 0.381 e. The van der Waals surface area contributed by atoms with Gasteiger partial charge in [0.2, 0.25) is 0 Å². The van der Waals surface area contributed by atoms with E-state index in [4.69, 9.17) is 9.47 Å². The Labute approximate surface area is 249 Å². The lowest BCUT2D eigenvalue weighted by Gasteiger charge is -2.37. The molecule has 8 heteroatoms. The number of ether oxygens (including phenoxy) is 2. The highest BCUT2D eigenvalue weighted by atomic mass is 16.5. The standard InChI is InChI=1S/C34H46N4O4/c1-5-38(29-10-14-41-15-11-29)32-20-28(27-8-6-26(7-9-27)22-37-12-16-42-17-13-37)19-30(25(32)4)33(39)35-21-31-23(2)18-24(3)36-34(31)40/h6-9,18-20,29,33,35,39H,5,10-17,21-22H2,1-4H3,(H,36,40). The molecule has 5 rings (SSSR count). The molecular weight excluding hydrogens is 528 g/mol. The van der Waals surface area contributed by atoms with Crippen LogP contribution < -0.4 is 15.8 Å².